The number of hydrogen-bond acceptors (Lipinski definition) is 4. The van der Waals surface area contributed by atoms with Crippen molar-refractivity contribution in [1.29, 1.82) is 0 Å². The Morgan fingerprint density at radius 3 is 2.54 bits per heavy atom. The summed E-state index contributed by atoms with van der Waals surface area (Å²) in [7, 11) is -3.39. The summed E-state index contributed by atoms with van der Waals surface area (Å²) in [6.45, 7) is 3.84. The Kier molecular flexibility index (Phi) is 5.47. The van der Waals surface area contributed by atoms with Gasteiger partial charge in [-0.3, -0.25) is 9.52 Å². The summed E-state index contributed by atoms with van der Waals surface area (Å²) in [5, 5.41) is 6.24. The second-order valence-electron chi connectivity index (χ2n) is 6.78. The van der Waals surface area contributed by atoms with Gasteiger partial charge in [-0.25, -0.2) is 8.42 Å². The molecule has 1 spiro atoms. The number of hydrogen-bond donors (Lipinski definition) is 3. The highest BCUT2D eigenvalue weighted by Crippen LogP contribution is 2.58. The molecule has 1 atom stereocenters. The summed E-state index contributed by atoms with van der Waals surface area (Å²) in [6.07, 6.45) is 4.10. The molecule has 1 heterocycles. The lowest BCUT2D eigenvalue weighted by molar-refractivity contribution is -0.118. The molecule has 1 saturated carbocycles. The highest BCUT2D eigenvalue weighted by molar-refractivity contribution is 7.92. The average Bonchev–Trinajstić information content (AvgIpc) is 3.15. The third-order valence-corrected chi connectivity index (χ3v) is 5.42. The Balaban J connectivity index is 0.00000208. The van der Waals surface area contributed by atoms with Gasteiger partial charge in [0.15, 0.2) is 0 Å². The number of rotatable bonds is 4. The Bertz CT molecular complexity index is 730. The fraction of sp³-hybridized carbons (Fsp3) is 0.562. The first-order chi connectivity index (χ1) is 10.8. The highest BCUT2D eigenvalue weighted by atomic mass is 35.5. The zero-order valence-corrected chi connectivity index (χ0v) is 15.5. The van der Waals surface area contributed by atoms with Crippen LogP contribution in [0.2, 0.25) is 0 Å². The molecule has 1 saturated heterocycles. The summed E-state index contributed by atoms with van der Waals surface area (Å²) in [5.74, 6) is 0.0326. The Morgan fingerprint density at radius 2 is 1.92 bits per heavy atom. The molecule has 2 aliphatic rings. The molecule has 2 fully saturated rings. The van der Waals surface area contributed by atoms with Crippen LogP contribution in [0.4, 0.5) is 11.4 Å². The Labute approximate surface area is 149 Å². The highest BCUT2D eigenvalue weighted by Gasteiger charge is 2.57. The molecular weight excluding hydrogens is 350 g/mol. The number of piperidine rings is 1. The van der Waals surface area contributed by atoms with Crippen LogP contribution in [0.5, 0.6) is 0 Å². The molecule has 3 N–H and O–H groups in total. The topological polar surface area (TPSA) is 87.3 Å². The number of anilines is 2. The minimum absolute atomic E-state index is 0. The van der Waals surface area contributed by atoms with Gasteiger partial charge in [-0.05, 0) is 62.4 Å². The van der Waals surface area contributed by atoms with E-state index in [1.54, 1.807) is 12.1 Å². The van der Waals surface area contributed by atoms with Gasteiger partial charge < -0.3 is 10.6 Å². The number of carbonyl (C=O) groups is 1. The van der Waals surface area contributed by atoms with Crippen LogP contribution in [0, 0.1) is 18.3 Å². The molecule has 0 bridgehead atoms. The predicted octanol–water partition coefficient (Wildman–Crippen LogP) is 2.12. The van der Waals surface area contributed by atoms with E-state index in [0.29, 0.717) is 11.4 Å². The summed E-state index contributed by atoms with van der Waals surface area (Å²) >= 11 is 0. The number of halogens is 1. The first-order valence-corrected chi connectivity index (χ1v) is 9.78. The molecule has 134 valence electrons. The van der Waals surface area contributed by atoms with E-state index >= 15 is 0 Å². The van der Waals surface area contributed by atoms with Gasteiger partial charge in [0.1, 0.15) is 0 Å². The molecule has 1 aromatic rings. The largest absolute Gasteiger partial charge is 0.324 e. The number of aryl methyl sites for hydroxylation is 1. The molecule has 1 unspecified atom stereocenters. The SMILES string of the molecule is Cc1ccc(NS(C)(=O)=O)c(NC(=O)C2CC23CCNCC3)c1.Cl. The van der Waals surface area contributed by atoms with Crippen LogP contribution in [0.3, 0.4) is 0 Å². The van der Waals surface area contributed by atoms with Crippen LogP contribution in [0.25, 0.3) is 0 Å². The van der Waals surface area contributed by atoms with Gasteiger partial charge in [-0.2, -0.15) is 0 Å². The van der Waals surface area contributed by atoms with Crippen molar-refractivity contribution in [1.82, 2.24) is 5.32 Å². The standard InChI is InChI=1S/C16H23N3O3S.ClH/c1-11-3-4-13(19-23(2,21)22)14(9-11)18-15(20)12-10-16(12)5-7-17-8-6-16;/h3-4,9,12,17,19H,5-8,10H2,1-2H3,(H,18,20);1H. The van der Waals surface area contributed by atoms with Gasteiger partial charge in [0.2, 0.25) is 15.9 Å². The summed E-state index contributed by atoms with van der Waals surface area (Å²) in [5.41, 5.74) is 2.05. The first-order valence-electron chi connectivity index (χ1n) is 7.89. The molecule has 1 aliphatic carbocycles. The molecule has 6 nitrogen and oxygen atoms in total. The van der Waals surface area contributed by atoms with Gasteiger partial charge in [-0.15, -0.1) is 12.4 Å². The number of carbonyl (C=O) groups excluding carboxylic acids is 1. The molecule has 24 heavy (non-hydrogen) atoms. The third kappa shape index (κ3) is 4.20. The van der Waals surface area contributed by atoms with Crippen molar-refractivity contribution in [3.05, 3.63) is 23.8 Å². The molecule has 3 rings (SSSR count). The lowest BCUT2D eigenvalue weighted by atomic mass is 9.92. The molecule has 0 aromatic heterocycles. The summed E-state index contributed by atoms with van der Waals surface area (Å²) < 4.78 is 25.4. The van der Waals surface area contributed by atoms with E-state index in [9.17, 15) is 13.2 Å². The summed E-state index contributed by atoms with van der Waals surface area (Å²) in [4.78, 5) is 12.6. The van der Waals surface area contributed by atoms with Crippen LogP contribution in [0.1, 0.15) is 24.8 Å². The van der Waals surface area contributed by atoms with Gasteiger partial charge >= 0.3 is 0 Å². The van der Waals surface area contributed by atoms with E-state index in [0.717, 1.165) is 44.2 Å². The molecular formula is C16H24ClN3O3S. The molecule has 8 heteroatoms. The van der Waals surface area contributed by atoms with Crippen LogP contribution < -0.4 is 15.4 Å². The number of nitrogens with one attached hydrogen (secondary N) is 3. The van der Waals surface area contributed by atoms with Crippen molar-refractivity contribution in [2.45, 2.75) is 26.2 Å². The Morgan fingerprint density at radius 1 is 1.25 bits per heavy atom. The number of sulfonamides is 1. The quantitative estimate of drug-likeness (QED) is 0.754. The maximum Gasteiger partial charge on any atom is 0.229 e. The van der Waals surface area contributed by atoms with Gasteiger partial charge in [0.25, 0.3) is 0 Å². The van der Waals surface area contributed by atoms with Crippen LogP contribution in [-0.2, 0) is 14.8 Å². The minimum atomic E-state index is -3.39. The van der Waals surface area contributed by atoms with Crippen LogP contribution in [-0.4, -0.2) is 33.7 Å². The van der Waals surface area contributed by atoms with Crippen molar-refractivity contribution in [3.8, 4) is 0 Å². The van der Waals surface area contributed by atoms with Gasteiger partial charge in [-0.1, -0.05) is 6.07 Å². The monoisotopic (exact) mass is 373 g/mol. The van der Waals surface area contributed by atoms with Crippen molar-refractivity contribution >= 4 is 39.7 Å². The van der Waals surface area contributed by atoms with E-state index in [1.807, 2.05) is 13.0 Å². The fourth-order valence-electron chi connectivity index (χ4n) is 3.47. The predicted molar refractivity (Wildman–Crippen MR) is 98.2 cm³/mol. The maximum absolute atomic E-state index is 12.6. The minimum Gasteiger partial charge on any atom is -0.324 e. The van der Waals surface area contributed by atoms with Gasteiger partial charge in [0, 0.05) is 5.92 Å². The maximum atomic E-state index is 12.6. The molecule has 1 amide bonds. The fourth-order valence-corrected chi connectivity index (χ4v) is 4.04. The van der Waals surface area contributed by atoms with Gasteiger partial charge in [0.05, 0.1) is 17.6 Å². The molecule has 0 radical (unpaired) electrons. The first kappa shape index (κ1) is 19.0. The van der Waals surface area contributed by atoms with E-state index in [-0.39, 0.29) is 29.6 Å². The van der Waals surface area contributed by atoms with Crippen molar-refractivity contribution in [2.24, 2.45) is 11.3 Å². The van der Waals surface area contributed by atoms with E-state index in [4.69, 9.17) is 0 Å². The van der Waals surface area contributed by atoms with Crippen LogP contribution >= 0.6 is 12.4 Å². The van der Waals surface area contributed by atoms with Crippen molar-refractivity contribution in [3.63, 3.8) is 0 Å². The second kappa shape index (κ2) is 6.90. The normalized spacial score (nSPS) is 21.7. The third-order valence-electron chi connectivity index (χ3n) is 4.83. The number of amides is 1. The smallest absolute Gasteiger partial charge is 0.229 e. The average molecular weight is 374 g/mol. The molecule has 1 aromatic carbocycles. The lowest BCUT2D eigenvalue weighted by Gasteiger charge is -2.23. The van der Waals surface area contributed by atoms with Crippen LogP contribution in [0.15, 0.2) is 18.2 Å². The zero-order chi connectivity index (χ0) is 16.7. The van der Waals surface area contributed by atoms with Crippen molar-refractivity contribution < 1.29 is 13.2 Å². The van der Waals surface area contributed by atoms with Crippen molar-refractivity contribution in [2.75, 3.05) is 29.4 Å². The molecule has 1 aliphatic heterocycles. The van der Waals surface area contributed by atoms with E-state index in [2.05, 4.69) is 15.4 Å². The Hall–Kier alpha value is -1.31. The second-order valence-corrected chi connectivity index (χ2v) is 8.53. The lowest BCUT2D eigenvalue weighted by Crippen LogP contribution is -2.31. The van der Waals surface area contributed by atoms with E-state index < -0.39 is 10.0 Å². The number of benzene rings is 1. The zero-order valence-electron chi connectivity index (χ0n) is 13.9. The van der Waals surface area contributed by atoms with E-state index in [1.165, 1.54) is 0 Å². The summed E-state index contributed by atoms with van der Waals surface area (Å²) in [6, 6.07) is 5.29.